The standard InChI is InChI=1S/C12H15F4NO/c13-10-7-9(3-4-11(10)18)8-17-6-2-1-5-12(14,15)16/h3-4,7,17-18H,1-2,5-6,8H2. The Bertz CT molecular complexity index is 379. The van der Waals surface area contributed by atoms with E-state index in [1.165, 1.54) is 12.1 Å². The maximum Gasteiger partial charge on any atom is 0.389 e. The molecule has 0 atom stereocenters. The summed E-state index contributed by atoms with van der Waals surface area (Å²) in [5.74, 6) is -1.12. The van der Waals surface area contributed by atoms with Crippen molar-refractivity contribution in [2.24, 2.45) is 0 Å². The third-order valence-electron chi connectivity index (χ3n) is 2.41. The molecule has 0 heterocycles. The van der Waals surface area contributed by atoms with Gasteiger partial charge in [0, 0.05) is 13.0 Å². The second kappa shape index (κ2) is 6.58. The first-order chi connectivity index (χ1) is 8.38. The van der Waals surface area contributed by atoms with Crippen LogP contribution in [0.4, 0.5) is 17.6 Å². The fraction of sp³-hybridized carbons (Fsp3) is 0.500. The van der Waals surface area contributed by atoms with E-state index in [9.17, 15) is 17.6 Å². The topological polar surface area (TPSA) is 32.3 Å². The molecule has 0 aliphatic carbocycles. The predicted octanol–water partition coefficient (Wildman–Crippen LogP) is 3.35. The van der Waals surface area contributed by atoms with Crippen molar-refractivity contribution in [1.82, 2.24) is 5.32 Å². The van der Waals surface area contributed by atoms with E-state index in [0.29, 0.717) is 25.1 Å². The van der Waals surface area contributed by atoms with Crippen molar-refractivity contribution in [1.29, 1.82) is 0 Å². The summed E-state index contributed by atoms with van der Waals surface area (Å²) in [5, 5.41) is 11.9. The van der Waals surface area contributed by atoms with Gasteiger partial charge in [-0.25, -0.2) is 4.39 Å². The summed E-state index contributed by atoms with van der Waals surface area (Å²) in [4.78, 5) is 0. The number of hydrogen-bond donors (Lipinski definition) is 2. The Morgan fingerprint density at radius 1 is 1.17 bits per heavy atom. The van der Waals surface area contributed by atoms with Crippen LogP contribution in [-0.2, 0) is 6.54 Å². The molecule has 2 N–H and O–H groups in total. The van der Waals surface area contributed by atoms with Crippen molar-refractivity contribution >= 4 is 0 Å². The summed E-state index contributed by atoms with van der Waals surface area (Å²) in [5.41, 5.74) is 0.640. The molecule has 1 aromatic rings. The third-order valence-corrected chi connectivity index (χ3v) is 2.41. The summed E-state index contributed by atoms with van der Waals surface area (Å²) in [7, 11) is 0. The Labute approximate surface area is 103 Å². The smallest absolute Gasteiger partial charge is 0.389 e. The van der Waals surface area contributed by atoms with Crippen LogP contribution in [0, 0.1) is 5.82 Å². The van der Waals surface area contributed by atoms with Crippen molar-refractivity contribution < 1.29 is 22.7 Å². The second-order valence-electron chi connectivity index (χ2n) is 4.03. The van der Waals surface area contributed by atoms with Gasteiger partial charge in [0.2, 0.25) is 0 Å². The lowest BCUT2D eigenvalue weighted by atomic mass is 10.2. The first-order valence-electron chi connectivity index (χ1n) is 5.63. The molecule has 6 heteroatoms. The Balaban J connectivity index is 2.16. The molecule has 0 saturated heterocycles. The lowest BCUT2D eigenvalue weighted by Crippen LogP contribution is -2.16. The zero-order valence-electron chi connectivity index (χ0n) is 9.73. The Morgan fingerprint density at radius 2 is 1.89 bits per heavy atom. The number of phenolic OH excluding ortho intramolecular Hbond substituents is 1. The highest BCUT2D eigenvalue weighted by atomic mass is 19.4. The van der Waals surface area contributed by atoms with Gasteiger partial charge in [0.15, 0.2) is 11.6 Å². The molecular formula is C12H15F4NO. The molecule has 0 unspecified atom stereocenters. The summed E-state index contributed by atoms with van der Waals surface area (Å²) < 4.78 is 48.4. The van der Waals surface area contributed by atoms with E-state index in [-0.39, 0.29) is 6.42 Å². The van der Waals surface area contributed by atoms with Crippen LogP contribution < -0.4 is 5.32 Å². The molecule has 0 saturated carbocycles. The average molecular weight is 265 g/mol. The lowest BCUT2D eigenvalue weighted by molar-refractivity contribution is -0.135. The number of hydrogen-bond acceptors (Lipinski definition) is 2. The number of halogens is 4. The van der Waals surface area contributed by atoms with Gasteiger partial charge in [-0.05, 0) is 37.1 Å². The summed E-state index contributed by atoms with van der Waals surface area (Å²) in [6.07, 6.45) is -4.37. The van der Waals surface area contributed by atoms with Crippen molar-refractivity contribution in [2.75, 3.05) is 6.54 Å². The van der Waals surface area contributed by atoms with Crippen molar-refractivity contribution in [3.63, 3.8) is 0 Å². The molecule has 0 radical (unpaired) electrons. The Kier molecular flexibility index (Phi) is 5.40. The quantitative estimate of drug-likeness (QED) is 0.610. The van der Waals surface area contributed by atoms with Crippen LogP contribution >= 0.6 is 0 Å². The normalized spacial score (nSPS) is 11.8. The zero-order chi connectivity index (χ0) is 13.6. The number of benzene rings is 1. The molecule has 0 aromatic heterocycles. The molecule has 0 amide bonds. The minimum atomic E-state index is -4.10. The largest absolute Gasteiger partial charge is 0.505 e. The first-order valence-corrected chi connectivity index (χ1v) is 5.63. The molecule has 0 aliphatic rings. The van der Waals surface area contributed by atoms with Gasteiger partial charge in [-0.1, -0.05) is 6.07 Å². The monoisotopic (exact) mass is 265 g/mol. The van der Waals surface area contributed by atoms with E-state index in [1.54, 1.807) is 6.07 Å². The molecule has 0 spiro atoms. The van der Waals surface area contributed by atoms with Crippen LogP contribution in [0.15, 0.2) is 18.2 Å². The molecular weight excluding hydrogens is 250 g/mol. The average Bonchev–Trinajstić information content (AvgIpc) is 2.26. The van der Waals surface area contributed by atoms with Gasteiger partial charge >= 0.3 is 6.18 Å². The molecule has 1 rings (SSSR count). The molecule has 1 aromatic carbocycles. The fourth-order valence-electron chi connectivity index (χ4n) is 1.47. The van der Waals surface area contributed by atoms with Crippen LogP contribution in [-0.4, -0.2) is 17.8 Å². The highest BCUT2D eigenvalue weighted by Gasteiger charge is 2.25. The first kappa shape index (κ1) is 14.8. The predicted molar refractivity (Wildman–Crippen MR) is 59.7 cm³/mol. The van der Waals surface area contributed by atoms with E-state index in [1.807, 2.05) is 0 Å². The highest BCUT2D eigenvalue weighted by molar-refractivity contribution is 5.27. The number of aromatic hydroxyl groups is 1. The molecule has 18 heavy (non-hydrogen) atoms. The van der Waals surface area contributed by atoms with Gasteiger partial charge in [-0.2, -0.15) is 13.2 Å². The van der Waals surface area contributed by atoms with Crippen LogP contribution in [0.2, 0.25) is 0 Å². The Morgan fingerprint density at radius 3 is 2.50 bits per heavy atom. The van der Waals surface area contributed by atoms with E-state index in [0.717, 1.165) is 0 Å². The zero-order valence-corrected chi connectivity index (χ0v) is 9.73. The number of phenols is 1. The number of nitrogens with one attached hydrogen (secondary N) is 1. The van der Waals surface area contributed by atoms with Crippen LogP contribution in [0.25, 0.3) is 0 Å². The van der Waals surface area contributed by atoms with Gasteiger partial charge in [0.25, 0.3) is 0 Å². The fourth-order valence-corrected chi connectivity index (χ4v) is 1.47. The van der Waals surface area contributed by atoms with Crippen LogP contribution in [0.1, 0.15) is 24.8 Å². The summed E-state index contributed by atoms with van der Waals surface area (Å²) in [6.45, 7) is 0.807. The molecule has 102 valence electrons. The van der Waals surface area contributed by atoms with E-state index in [4.69, 9.17) is 5.11 Å². The molecule has 0 bridgehead atoms. The van der Waals surface area contributed by atoms with E-state index >= 15 is 0 Å². The van der Waals surface area contributed by atoms with Crippen LogP contribution in [0.5, 0.6) is 5.75 Å². The third kappa shape index (κ3) is 5.86. The maximum atomic E-state index is 12.9. The molecule has 0 fully saturated rings. The van der Waals surface area contributed by atoms with Crippen molar-refractivity contribution in [3.8, 4) is 5.75 Å². The lowest BCUT2D eigenvalue weighted by Gasteiger charge is -2.07. The number of rotatable bonds is 6. The van der Waals surface area contributed by atoms with Crippen LogP contribution in [0.3, 0.4) is 0 Å². The second-order valence-corrected chi connectivity index (χ2v) is 4.03. The van der Waals surface area contributed by atoms with Gasteiger partial charge < -0.3 is 10.4 Å². The minimum absolute atomic E-state index is 0.0838. The maximum absolute atomic E-state index is 12.9. The number of alkyl halides is 3. The van der Waals surface area contributed by atoms with Crippen molar-refractivity contribution in [3.05, 3.63) is 29.6 Å². The summed E-state index contributed by atoms with van der Waals surface area (Å²) >= 11 is 0. The Hall–Kier alpha value is -1.30. The van der Waals surface area contributed by atoms with Gasteiger partial charge in [0.05, 0.1) is 0 Å². The summed E-state index contributed by atoms with van der Waals surface area (Å²) in [6, 6.07) is 4.00. The molecule has 0 aliphatic heterocycles. The van der Waals surface area contributed by atoms with E-state index < -0.39 is 24.2 Å². The molecule has 2 nitrogen and oxygen atoms in total. The minimum Gasteiger partial charge on any atom is -0.505 e. The number of unbranched alkanes of at least 4 members (excludes halogenated alkanes) is 1. The van der Waals surface area contributed by atoms with Gasteiger partial charge in [-0.3, -0.25) is 0 Å². The van der Waals surface area contributed by atoms with Gasteiger partial charge in [-0.15, -0.1) is 0 Å². The highest BCUT2D eigenvalue weighted by Crippen LogP contribution is 2.21. The van der Waals surface area contributed by atoms with Gasteiger partial charge in [0.1, 0.15) is 0 Å². The van der Waals surface area contributed by atoms with Crippen molar-refractivity contribution in [2.45, 2.75) is 32.0 Å². The SMILES string of the molecule is Oc1ccc(CNCCCCC(F)(F)F)cc1F. The van der Waals surface area contributed by atoms with E-state index in [2.05, 4.69) is 5.32 Å².